The van der Waals surface area contributed by atoms with Gasteiger partial charge in [-0.15, -0.1) is 0 Å². The molecule has 1 amide bonds. The van der Waals surface area contributed by atoms with Crippen molar-refractivity contribution in [1.82, 2.24) is 10.2 Å². The first-order valence-electron chi connectivity index (χ1n) is 19.4. The lowest BCUT2D eigenvalue weighted by atomic mass is 9.32. The minimum atomic E-state index is -0.888. The zero-order valence-electron chi connectivity index (χ0n) is 31.7. The van der Waals surface area contributed by atoms with E-state index in [0.29, 0.717) is 48.9 Å². The van der Waals surface area contributed by atoms with Crippen molar-refractivity contribution >= 4 is 23.4 Å². The van der Waals surface area contributed by atoms with Crippen LogP contribution >= 0.6 is 0 Å². The Balaban J connectivity index is 1.28. The standard InChI is InChI=1S/C43H62N2O5/c1-9-45(26-35(46)47)25-24-44-38(50)43-21-16-30(27(2)3)36(43)32-14-15-34-40(6)19-17-31(28-10-12-29(13-11-28)37(48)49)39(4,5)33(40)18-20-42(34,8)41(32,7)22-23-43/h10-13,17,30,32-34,36H,2,9,14-16,18-26H2,1,3-8H3,(H,44,50)(H,46,47)(H,48,49)/t30-,32?,33?,34?,36?,40-,41+,42+,43-/m0/s1. The summed E-state index contributed by atoms with van der Waals surface area (Å²) < 4.78 is 0. The number of hydrogen-bond donors (Lipinski definition) is 3. The van der Waals surface area contributed by atoms with Crippen molar-refractivity contribution in [3.63, 3.8) is 0 Å². The molecule has 0 spiro atoms. The van der Waals surface area contributed by atoms with Crippen molar-refractivity contribution < 1.29 is 24.6 Å². The molecule has 1 aromatic rings. The van der Waals surface area contributed by atoms with Gasteiger partial charge in [-0.25, -0.2) is 4.79 Å². The monoisotopic (exact) mass is 686 g/mol. The highest BCUT2D eigenvalue weighted by Gasteiger charge is 2.71. The van der Waals surface area contributed by atoms with E-state index in [2.05, 4.69) is 59.5 Å². The number of rotatable bonds is 10. The number of amides is 1. The van der Waals surface area contributed by atoms with Crippen LogP contribution < -0.4 is 5.32 Å². The topological polar surface area (TPSA) is 107 Å². The van der Waals surface area contributed by atoms with E-state index in [-0.39, 0.29) is 45.4 Å². The molecule has 5 aliphatic rings. The van der Waals surface area contributed by atoms with E-state index in [9.17, 15) is 24.6 Å². The Morgan fingerprint density at radius 1 is 0.900 bits per heavy atom. The number of aliphatic carboxylic acids is 1. The van der Waals surface area contributed by atoms with Crippen molar-refractivity contribution in [3.05, 3.63) is 53.6 Å². The Labute approximate surface area is 300 Å². The normalized spacial score (nSPS) is 38.6. The van der Waals surface area contributed by atoms with Crippen LogP contribution in [0.4, 0.5) is 0 Å². The number of likely N-dealkylation sites (N-methyl/N-ethyl adjacent to an activating group) is 1. The summed E-state index contributed by atoms with van der Waals surface area (Å²) in [7, 11) is 0. The molecule has 274 valence electrons. The van der Waals surface area contributed by atoms with Crippen LogP contribution in [0.15, 0.2) is 42.5 Å². The van der Waals surface area contributed by atoms with Crippen LogP contribution in [0.5, 0.6) is 0 Å². The van der Waals surface area contributed by atoms with Gasteiger partial charge in [0.1, 0.15) is 0 Å². The first-order valence-corrected chi connectivity index (χ1v) is 19.4. The summed E-state index contributed by atoms with van der Waals surface area (Å²) in [6, 6.07) is 7.48. The third kappa shape index (κ3) is 5.51. The highest BCUT2D eigenvalue weighted by Crippen LogP contribution is 2.77. The van der Waals surface area contributed by atoms with Gasteiger partial charge in [0.25, 0.3) is 0 Å². The predicted molar refractivity (Wildman–Crippen MR) is 198 cm³/mol. The van der Waals surface area contributed by atoms with Crippen LogP contribution in [-0.4, -0.2) is 59.1 Å². The number of fused-ring (bicyclic) bond motifs is 7. The number of carbonyl (C=O) groups is 3. The summed E-state index contributed by atoms with van der Waals surface area (Å²) in [5.41, 5.74) is 4.07. The number of carbonyl (C=O) groups excluding carboxylic acids is 1. The van der Waals surface area contributed by atoms with E-state index in [1.807, 2.05) is 24.0 Å². The van der Waals surface area contributed by atoms with Gasteiger partial charge in [0, 0.05) is 13.1 Å². The maximum atomic E-state index is 14.4. The van der Waals surface area contributed by atoms with Gasteiger partial charge in [-0.05, 0) is 146 Å². The van der Waals surface area contributed by atoms with E-state index < -0.39 is 11.9 Å². The van der Waals surface area contributed by atoms with Gasteiger partial charge in [0.05, 0.1) is 17.5 Å². The fraction of sp³-hybridized carbons (Fsp3) is 0.698. The molecule has 50 heavy (non-hydrogen) atoms. The summed E-state index contributed by atoms with van der Waals surface area (Å²) in [6.45, 7) is 23.0. The van der Waals surface area contributed by atoms with Crippen LogP contribution in [0.25, 0.3) is 5.57 Å². The number of aromatic carboxylic acids is 1. The number of nitrogens with zero attached hydrogens (tertiary/aromatic N) is 1. The first kappa shape index (κ1) is 36.8. The summed E-state index contributed by atoms with van der Waals surface area (Å²) >= 11 is 0. The Morgan fingerprint density at radius 3 is 2.22 bits per heavy atom. The van der Waals surface area contributed by atoms with Crippen LogP contribution in [0.3, 0.4) is 0 Å². The summed E-state index contributed by atoms with van der Waals surface area (Å²) in [5, 5.41) is 22.1. The molecule has 7 nitrogen and oxygen atoms in total. The Morgan fingerprint density at radius 2 is 1.60 bits per heavy atom. The molecular formula is C43H62N2O5. The quantitative estimate of drug-likeness (QED) is 0.213. The van der Waals surface area contributed by atoms with Crippen LogP contribution in [0, 0.1) is 56.7 Å². The Hall–Kier alpha value is -2.93. The molecule has 0 aliphatic heterocycles. The van der Waals surface area contributed by atoms with Crippen LogP contribution in [-0.2, 0) is 9.59 Å². The fourth-order valence-electron chi connectivity index (χ4n) is 13.5. The smallest absolute Gasteiger partial charge is 0.335 e. The Bertz CT molecular complexity index is 1560. The maximum absolute atomic E-state index is 14.4. The molecule has 4 saturated carbocycles. The van der Waals surface area contributed by atoms with E-state index >= 15 is 0 Å². The molecule has 0 aromatic heterocycles. The fourth-order valence-corrected chi connectivity index (χ4v) is 13.5. The highest BCUT2D eigenvalue weighted by atomic mass is 16.4. The maximum Gasteiger partial charge on any atom is 0.335 e. The molecule has 9 atom stereocenters. The van der Waals surface area contributed by atoms with Gasteiger partial charge in [0.2, 0.25) is 5.91 Å². The second-order valence-electron chi connectivity index (χ2n) is 18.3. The summed E-state index contributed by atoms with van der Waals surface area (Å²) in [5.74, 6) is 0.667. The van der Waals surface area contributed by atoms with E-state index in [1.54, 1.807) is 12.1 Å². The zero-order chi connectivity index (χ0) is 36.4. The molecule has 3 N–H and O–H groups in total. The molecule has 7 heteroatoms. The molecule has 5 aliphatic carbocycles. The molecule has 4 fully saturated rings. The minimum Gasteiger partial charge on any atom is -0.480 e. The average molecular weight is 687 g/mol. The first-order chi connectivity index (χ1) is 23.5. The third-order valence-electron chi connectivity index (χ3n) is 16.1. The van der Waals surface area contributed by atoms with Gasteiger partial charge >= 0.3 is 11.9 Å². The van der Waals surface area contributed by atoms with Gasteiger partial charge in [0.15, 0.2) is 0 Å². The SMILES string of the molecule is C=C(C)[C@@H]1CC[C@]2(C(=O)NCCN(CC)CC(=O)O)CC[C@]3(C)C(CCC4[C@@]5(C)CC=C(c6ccc(C(=O)O)cc6)C(C)(C)C5CC[C@]43C)C12. The third-order valence-corrected chi connectivity index (χ3v) is 16.1. The number of benzene rings is 1. The van der Waals surface area contributed by atoms with Crippen molar-refractivity contribution in [3.8, 4) is 0 Å². The lowest BCUT2D eigenvalue weighted by Gasteiger charge is -2.72. The van der Waals surface area contributed by atoms with Crippen molar-refractivity contribution in [2.24, 2.45) is 56.7 Å². The lowest BCUT2D eigenvalue weighted by molar-refractivity contribution is -0.225. The highest BCUT2D eigenvalue weighted by molar-refractivity contribution is 5.88. The minimum absolute atomic E-state index is 0.00794. The van der Waals surface area contributed by atoms with Crippen molar-refractivity contribution in [2.45, 2.75) is 106 Å². The molecule has 6 rings (SSSR count). The molecule has 0 bridgehead atoms. The number of carboxylic acid groups (broad SMARTS) is 2. The molecule has 0 heterocycles. The molecular weight excluding hydrogens is 624 g/mol. The van der Waals surface area contributed by atoms with Gasteiger partial charge in [-0.3, -0.25) is 14.5 Å². The zero-order valence-corrected chi connectivity index (χ0v) is 31.7. The molecule has 0 radical (unpaired) electrons. The second kappa shape index (κ2) is 12.9. The number of allylic oxidation sites excluding steroid dienone is 3. The van der Waals surface area contributed by atoms with Crippen LogP contribution in [0.2, 0.25) is 0 Å². The molecule has 0 saturated heterocycles. The van der Waals surface area contributed by atoms with E-state index in [4.69, 9.17) is 0 Å². The largest absolute Gasteiger partial charge is 0.480 e. The summed E-state index contributed by atoms with van der Waals surface area (Å²) in [4.78, 5) is 39.2. The lowest BCUT2D eigenvalue weighted by Crippen LogP contribution is -2.66. The van der Waals surface area contributed by atoms with E-state index in [1.165, 1.54) is 30.4 Å². The number of carboxylic acids is 2. The van der Waals surface area contributed by atoms with Gasteiger partial charge < -0.3 is 15.5 Å². The number of nitrogens with one attached hydrogen (secondary N) is 1. The van der Waals surface area contributed by atoms with Gasteiger partial charge in [-0.1, -0.05) is 71.9 Å². The second-order valence-corrected chi connectivity index (χ2v) is 18.3. The van der Waals surface area contributed by atoms with E-state index in [0.717, 1.165) is 44.1 Å². The average Bonchev–Trinajstić information content (AvgIpc) is 3.45. The number of hydrogen-bond acceptors (Lipinski definition) is 4. The summed E-state index contributed by atoms with van der Waals surface area (Å²) in [6.07, 6.45) is 12.2. The van der Waals surface area contributed by atoms with Crippen LogP contribution in [0.1, 0.15) is 122 Å². The predicted octanol–water partition coefficient (Wildman–Crippen LogP) is 8.56. The molecule has 4 unspecified atom stereocenters. The Kier molecular flexibility index (Phi) is 9.53. The van der Waals surface area contributed by atoms with Crippen molar-refractivity contribution in [1.29, 1.82) is 0 Å². The van der Waals surface area contributed by atoms with Crippen molar-refractivity contribution in [2.75, 3.05) is 26.2 Å². The molecule has 1 aromatic carbocycles. The van der Waals surface area contributed by atoms with Gasteiger partial charge in [-0.2, -0.15) is 0 Å².